The molecule has 0 aliphatic rings. The van der Waals surface area contributed by atoms with Crippen molar-refractivity contribution in [1.29, 1.82) is 0 Å². The van der Waals surface area contributed by atoms with Gasteiger partial charge in [-0.15, -0.1) is 12.4 Å². The van der Waals surface area contributed by atoms with E-state index in [1.165, 1.54) is 6.07 Å². The zero-order valence-electron chi connectivity index (χ0n) is 15.1. The first-order valence-corrected chi connectivity index (χ1v) is 8.72. The smallest absolute Gasteiger partial charge is 0.160 e. The van der Waals surface area contributed by atoms with Gasteiger partial charge in [0, 0.05) is 45.9 Å². The molecule has 4 heterocycles. The highest BCUT2D eigenvalue weighted by atomic mass is 35.5. The van der Waals surface area contributed by atoms with Crippen LogP contribution in [0.15, 0.2) is 73.2 Å². The minimum absolute atomic E-state index is 0. The van der Waals surface area contributed by atoms with Crippen molar-refractivity contribution < 1.29 is 4.39 Å². The fourth-order valence-electron chi connectivity index (χ4n) is 3.40. The summed E-state index contributed by atoms with van der Waals surface area (Å²) in [6.07, 6.45) is 5.02. The Balaban J connectivity index is 0.00000205. The second-order valence-electron chi connectivity index (χ2n) is 6.36. The second kappa shape index (κ2) is 7.41. The lowest BCUT2D eigenvalue weighted by atomic mass is 9.99. The van der Waals surface area contributed by atoms with Gasteiger partial charge in [0.2, 0.25) is 0 Å². The Kier molecular flexibility index (Phi) is 4.78. The highest BCUT2D eigenvalue weighted by molar-refractivity contribution is 6.05. The lowest BCUT2D eigenvalue weighted by molar-refractivity contribution is 0.631. The van der Waals surface area contributed by atoms with Crippen molar-refractivity contribution in [2.24, 2.45) is 0 Å². The lowest BCUT2D eigenvalue weighted by Crippen LogP contribution is -1.97. The summed E-state index contributed by atoms with van der Waals surface area (Å²) in [6.45, 7) is 0. The summed E-state index contributed by atoms with van der Waals surface area (Å²) in [4.78, 5) is 17.7. The summed E-state index contributed by atoms with van der Waals surface area (Å²) in [5, 5.41) is 2.51. The van der Waals surface area contributed by atoms with Crippen molar-refractivity contribution >= 4 is 40.0 Å². The molecule has 0 fully saturated rings. The Morgan fingerprint density at radius 3 is 2.38 bits per heavy atom. The lowest BCUT2D eigenvalue weighted by Gasteiger charge is -2.12. The third-order valence-electron chi connectivity index (χ3n) is 4.71. The van der Waals surface area contributed by atoms with Gasteiger partial charge in [0.05, 0.1) is 11.4 Å². The van der Waals surface area contributed by atoms with Crippen molar-refractivity contribution in [3.05, 3.63) is 79.0 Å². The Hall–Kier alpha value is -3.64. The molecule has 29 heavy (non-hydrogen) atoms. The van der Waals surface area contributed by atoms with Crippen LogP contribution in [0.4, 0.5) is 10.2 Å². The van der Waals surface area contributed by atoms with E-state index in [2.05, 4.69) is 19.9 Å². The molecular weight excluding hydrogens is 389 g/mol. The molecule has 0 unspecified atom stereocenters. The molecule has 5 rings (SSSR count). The molecule has 1 aromatic carbocycles. The molecule has 0 amide bonds. The van der Waals surface area contributed by atoms with Gasteiger partial charge in [-0.05, 0) is 42.5 Å². The van der Waals surface area contributed by atoms with Gasteiger partial charge in [0.15, 0.2) is 5.65 Å². The Labute approximate surface area is 171 Å². The number of nitrogens with zero attached hydrogens (tertiary/aromatic N) is 4. The monoisotopic (exact) mass is 403 g/mol. The van der Waals surface area contributed by atoms with Crippen LogP contribution in [0.2, 0.25) is 0 Å². The Morgan fingerprint density at radius 2 is 1.52 bits per heavy atom. The molecule has 2 N–H and O–H groups in total. The molecule has 0 radical (unpaired) electrons. The van der Waals surface area contributed by atoms with Gasteiger partial charge >= 0.3 is 0 Å². The van der Waals surface area contributed by atoms with Crippen LogP contribution in [0.1, 0.15) is 0 Å². The zero-order valence-corrected chi connectivity index (χ0v) is 15.9. The van der Waals surface area contributed by atoms with Crippen LogP contribution in [0, 0.1) is 5.82 Å². The molecule has 5 nitrogen and oxygen atoms in total. The maximum atomic E-state index is 14.4. The molecule has 4 aromatic heterocycles. The van der Waals surface area contributed by atoms with E-state index in [9.17, 15) is 4.39 Å². The topological polar surface area (TPSA) is 77.6 Å². The molecule has 0 aliphatic heterocycles. The number of aromatic nitrogens is 4. The second-order valence-corrected chi connectivity index (χ2v) is 6.36. The van der Waals surface area contributed by atoms with E-state index in [1.54, 1.807) is 36.8 Å². The van der Waals surface area contributed by atoms with Crippen molar-refractivity contribution in [3.8, 4) is 22.5 Å². The zero-order chi connectivity index (χ0) is 19.1. The number of benzene rings is 1. The number of hydrogen-bond donors (Lipinski definition) is 1. The Morgan fingerprint density at radius 1 is 0.724 bits per heavy atom. The number of nitrogen functional groups attached to an aromatic ring is 1. The highest BCUT2D eigenvalue weighted by Gasteiger charge is 2.15. The minimum atomic E-state index is -0.337. The molecule has 142 valence electrons. The third-order valence-corrected chi connectivity index (χ3v) is 4.71. The van der Waals surface area contributed by atoms with Crippen molar-refractivity contribution in [2.45, 2.75) is 0 Å². The fourth-order valence-corrected chi connectivity index (χ4v) is 3.40. The minimum Gasteiger partial charge on any atom is -0.383 e. The highest BCUT2D eigenvalue weighted by Crippen LogP contribution is 2.35. The number of rotatable bonds is 2. The van der Waals surface area contributed by atoms with Gasteiger partial charge in [0.25, 0.3) is 0 Å². The fraction of sp³-hybridized carbons (Fsp3) is 0. The SMILES string of the molecule is Cl.Nc1nccc2c(-c3cc(-c4ccccc4F)nc4ncccc34)nccc12. The summed E-state index contributed by atoms with van der Waals surface area (Å²) in [7, 11) is 0. The molecule has 0 atom stereocenters. The first kappa shape index (κ1) is 18.7. The van der Waals surface area contributed by atoms with Crippen molar-refractivity contribution in [3.63, 3.8) is 0 Å². The van der Waals surface area contributed by atoms with E-state index >= 15 is 0 Å². The predicted octanol–water partition coefficient (Wildman–Crippen LogP) is 5.05. The van der Waals surface area contributed by atoms with Crippen molar-refractivity contribution in [1.82, 2.24) is 19.9 Å². The molecule has 7 heteroatoms. The van der Waals surface area contributed by atoms with E-state index < -0.39 is 0 Å². The van der Waals surface area contributed by atoms with Crippen LogP contribution < -0.4 is 5.73 Å². The van der Waals surface area contributed by atoms with Crippen LogP contribution in [0.3, 0.4) is 0 Å². The number of halogens is 2. The van der Waals surface area contributed by atoms with Crippen LogP contribution in [0.25, 0.3) is 44.3 Å². The molecule has 0 spiro atoms. The number of hydrogen-bond acceptors (Lipinski definition) is 5. The summed E-state index contributed by atoms with van der Waals surface area (Å²) < 4.78 is 14.4. The molecular formula is C22H15ClFN5. The van der Waals surface area contributed by atoms with Gasteiger partial charge in [-0.1, -0.05) is 12.1 Å². The third kappa shape index (κ3) is 3.13. The number of nitrogens with two attached hydrogens (primary N) is 1. The summed E-state index contributed by atoms with van der Waals surface area (Å²) in [5.41, 5.74) is 9.02. The quantitative estimate of drug-likeness (QED) is 0.446. The van der Waals surface area contributed by atoms with Crippen LogP contribution >= 0.6 is 12.4 Å². The van der Waals surface area contributed by atoms with Gasteiger partial charge in [0.1, 0.15) is 11.6 Å². The van der Waals surface area contributed by atoms with Gasteiger partial charge in [-0.3, -0.25) is 4.98 Å². The summed E-state index contributed by atoms with van der Waals surface area (Å²) in [5.74, 6) is 0.0996. The number of anilines is 1. The first-order chi connectivity index (χ1) is 13.7. The summed E-state index contributed by atoms with van der Waals surface area (Å²) >= 11 is 0. The van der Waals surface area contributed by atoms with Crippen LogP contribution in [-0.4, -0.2) is 19.9 Å². The van der Waals surface area contributed by atoms with Gasteiger partial charge in [-0.25, -0.2) is 19.3 Å². The molecule has 0 saturated carbocycles. The normalized spacial score (nSPS) is 10.8. The standard InChI is InChI=1S/C22H14FN5.ClH/c23-18-6-2-1-4-16(18)19-12-17(15-5-3-9-27-22(15)28-19)20-13-7-11-26-21(24)14(13)8-10-25-20;/h1-12H,(H2,24,26);1H. The van der Waals surface area contributed by atoms with E-state index in [1.807, 2.05) is 30.3 Å². The number of pyridine rings is 4. The van der Waals surface area contributed by atoms with Crippen molar-refractivity contribution in [2.75, 3.05) is 5.73 Å². The molecule has 0 saturated heterocycles. The molecule has 0 aliphatic carbocycles. The van der Waals surface area contributed by atoms with E-state index in [-0.39, 0.29) is 18.2 Å². The predicted molar refractivity (Wildman–Crippen MR) is 115 cm³/mol. The van der Waals surface area contributed by atoms with Gasteiger partial charge in [-0.2, -0.15) is 0 Å². The Bertz CT molecular complexity index is 1360. The van der Waals surface area contributed by atoms with Gasteiger partial charge < -0.3 is 5.73 Å². The maximum Gasteiger partial charge on any atom is 0.160 e. The maximum absolute atomic E-state index is 14.4. The first-order valence-electron chi connectivity index (χ1n) is 8.72. The summed E-state index contributed by atoms with van der Waals surface area (Å²) in [6, 6.07) is 15.9. The van der Waals surface area contributed by atoms with Crippen LogP contribution in [0.5, 0.6) is 0 Å². The van der Waals surface area contributed by atoms with E-state index in [0.29, 0.717) is 22.7 Å². The average Bonchev–Trinajstić information content (AvgIpc) is 2.73. The average molecular weight is 404 g/mol. The number of fused-ring (bicyclic) bond motifs is 2. The molecule has 0 bridgehead atoms. The van der Waals surface area contributed by atoms with E-state index in [4.69, 9.17) is 5.73 Å². The largest absolute Gasteiger partial charge is 0.383 e. The van der Waals surface area contributed by atoms with E-state index in [0.717, 1.165) is 27.4 Å². The molecule has 5 aromatic rings. The van der Waals surface area contributed by atoms with Crippen LogP contribution in [-0.2, 0) is 0 Å².